The molecule has 7 nitrogen and oxygen atoms in total. The van der Waals surface area contributed by atoms with E-state index in [1.807, 2.05) is 13.8 Å². The molecule has 2 aliphatic heterocycles. The van der Waals surface area contributed by atoms with E-state index >= 15 is 0 Å². The summed E-state index contributed by atoms with van der Waals surface area (Å²) in [5.74, 6) is 1.31. The summed E-state index contributed by atoms with van der Waals surface area (Å²) in [5.41, 5.74) is 11.5. The summed E-state index contributed by atoms with van der Waals surface area (Å²) in [7, 11) is 1.68. The summed E-state index contributed by atoms with van der Waals surface area (Å²) < 4.78 is 10.9. The van der Waals surface area contributed by atoms with Crippen molar-refractivity contribution in [1.29, 1.82) is 0 Å². The van der Waals surface area contributed by atoms with Crippen LogP contribution in [0.15, 0.2) is 22.7 Å². The SMILES string of the molecule is CCOC(=O)C1C(N)N[C@H]2CC(C3=C(C)ON[C@H]3C)=C(OC)CC12. The predicted octanol–water partition coefficient (Wildman–Crippen LogP) is 0.930. The molecule has 1 saturated heterocycles. The van der Waals surface area contributed by atoms with Gasteiger partial charge in [0.15, 0.2) is 0 Å². The van der Waals surface area contributed by atoms with Crippen LogP contribution in [0.25, 0.3) is 0 Å². The van der Waals surface area contributed by atoms with Gasteiger partial charge in [-0.1, -0.05) is 0 Å². The van der Waals surface area contributed by atoms with E-state index in [0.717, 1.165) is 29.1 Å². The van der Waals surface area contributed by atoms with E-state index < -0.39 is 0 Å². The van der Waals surface area contributed by atoms with Gasteiger partial charge in [0.25, 0.3) is 0 Å². The maximum atomic E-state index is 12.3. The Kier molecular flexibility index (Phi) is 4.85. The van der Waals surface area contributed by atoms with Crippen LogP contribution < -0.4 is 16.5 Å². The number of methoxy groups -OCH3 is 1. The number of carbonyl (C=O) groups is 1. The summed E-state index contributed by atoms with van der Waals surface area (Å²) in [5, 5.41) is 3.38. The van der Waals surface area contributed by atoms with Crippen molar-refractivity contribution < 1.29 is 19.1 Å². The van der Waals surface area contributed by atoms with Crippen molar-refractivity contribution in [1.82, 2.24) is 10.8 Å². The first-order valence-electron chi connectivity index (χ1n) is 8.55. The molecular weight excluding hydrogens is 310 g/mol. The van der Waals surface area contributed by atoms with Crippen molar-refractivity contribution in [3.63, 3.8) is 0 Å². The van der Waals surface area contributed by atoms with E-state index in [1.165, 1.54) is 0 Å². The minimum absolute atomic E-state index is 0.0873. The van der Waals surface area contributed by atoms with Crippen molar-refractivity contribution in [3.8, 4) is 0 Å². The van der Waals surface area contributed by atoms with Crippen molar-refractivity contribution in [2.24, 2.45) is 17.6 Å². The summed E-state index contributed by atoms with van der Waals surface area (Å²) in [4.78, 5) is 17.8. The maximum absolute atomic E-state index is 12.3. The maximum Gasteiger partial charge on any atom is 0.312 e. The number of fused-ring (bicyclic) bond motifs is 1. The van der Waals surface area contributed by atoms with Crippen molar-refractivity contribution in [2.75, 3.05) is 13.7 Å². The molecule has 0 bridgehead atoms. The van der Waals surface area contributed by atoms with Gasteiger partial charge in [-0.25, -0.2) is 0 Å². The number of carbonyl (C=O) groups excluding carboxylic acids is 1. The Morgan fingerprint density at radius 2 is 2.17 bits per heavy atom. The standard InChI is InChI=1S/C17H27N3O4/c1-5-23-17(21)15-10-7-13(22-4)11(6-12(10)19-16(15)18)14-8(2)20-24-9(14)3/h8,10,12,15-16,19-20H,5-7,18H2,1-4H3/t8-,10?,12-,15?,16?/m0/s1. The smallest absolute Gasteiger partial charge is 0.312 e. The normalized spacial score (nSPS) is 35.8. The van der Waals surface area contributed by atoms with Crippen LogP contribution in [-0.4, -0.2) is 37.9 Å². The van der Waals surface area contributed by atoms with Crippen LogP contribution in [0.3, 0.4) is 0 Å². The van der Waals surface area contributed by atoms with E-state index in [4.69, 9.17) is 20.0 Å². The van der Waals surface area contributed by atoms with Crippen molar-refractivity contribution in [3.05, 3.63) is 22.7 Å². The minimum Gasteiger partial charge on any atom is -0.501 e. The molecule has 1 aliphatic carbocycles. The lowest BCUT2D eigenvalue weighted by Gasteiger charge is -2.32. The number of rotatable bonds is 4. The minimum atomic E-state index is -0.387. The zero-order chi connectivity index (χ0) is 17.4. The van der Waals surface area contributed by atoms with Crippen LogP contribution >= 0.6 is 0 Å². The van der Waals surface area contributed by atoms with Crippen LogP contribution in [0.2, 0.25) is 0 Å². The lowest BCUT2D eigenvalue weighted by atomic mass is 9.76. The largest absolute Gasteiger partial charge is 0.501 e. The quantitative estimate of drug-likeness (QED) is 0.657. The summed E-state index contributed by atoms with van der Waals surface area (Å²) in [6.07, 6.45) is 1.05. The van der Waals surface area contributed by atoms with E-state index in [2.05, 4.69) is 17.7 Å². The number of nitrogens with two attached hydrogens (primary N) is 1. The van der Waals surface area contributed by atoms with E-state index in [1.54, 1.807) is 7.11 Å². The average molecular weight is 337 g/mol. The molecule has 3 unspecified atom stereocenters. The van der Waals surface area contributed by atoms with Crippen molar-refractivity contribution in [2.45, 2.75) is 51.9 Å². The third-order valence-electron chi connectivity index (χ3n) is 5.28. The number of hydrogen-bond acceptors (Lipinski definition) is 7. The number of ether oxygens (including phenoxy) is 2. The Morgan fingerprint density at radius 1 is 1.42 bits per heavy atom. The van der Waals surface area contributed by atoms with E-state index in [9.17, 15) is 4.79 Å². The van der Waals surface area contributed by atoms with Gasteiger partial charge < -0.3 is 20.0 Å². The second kappa shape index (κ2) is 6.74. The molecule has 0 amide bonds. The highest BCUT2D eigenvalue weighted by molar-refractivity contribution is 5.74. The summed E-state index contributed by atoms with van der Waals surface area (Å²) in [6.45, 7) is 6.19. The van der Waals surface area contributed by atoms with Crippen molar-refractivity contribution >= 4 is 5.97 Å². The van der Waals surface area contributed by atoms with Gasteiger partial charge in [0.05, 0.1) is 37.6 Å². The predicted molar refractivity (Wildman–Crippen MR) is 88.2 cm³/mol. The molecule has 0 spiro atoms. The first kappa shape index (κ1) is 17.3. The number of esters is 1. The molecule has 1 fully saturated rings. The first-order valence-corrected chi connectivity index (χ1v) is 8.55. The molecule has 0 aromatic heterocycles. The molecule has 0 aromatic rings. The monoisotopic (exact) mass is 337 g/mol. The summed E-state index contributed by atoms with van der Waals surface area (Å²) in [6, 6.07) is 0.244. The second-order valence-electron chi connectivity index (χ2n) is 6.67. The molecule has 134 valence electrons. The highest BCUT2D eigenvalue weighted by atomic mass is 16.7. The fraction of sp³-hybridized carbons (Fsp3) is 0.706. The van der Waals surface area contributed by atoms with Gasteiger partial charge in [0, 0.05) is 18.0 Å². The lowest BCUT2D eigenvalue weighted by molar-refractivity contribution is -0.150. The number of nitrogens with one attached hydrogen (secondary N) is 2. The fourth-order valence-corrected chi connectivity index (χ4v) is 4.24. The molecule has 5 atom stereocenters. The van der Waals surface area contributed by atoms with Gasteiger partial charge in [0.2, 0.25) is 0 Å². The van der Waals surface area contributed by atoms with Gasteiger partial charge in [-0.3, -0.25) is 10.1 Å². The van der Waals surface area contributed by atoms with Crippen LogP contribution in [0, 0.1) is 11.8 Å². The zero-order valence-electron chi connectivity index (χ0n) is 14.7. The third kappa shape index (κ3) is 2.81. The molecule has 3 aliphatic rings. The average Bonchev–Trinajstić information content (AvgIpc) is 3.04. The first-order chi connectivity index (χ1) is 11.5. The molecule has 3 rings (SSSR count). The Morgan fingerprint density at radius 3 is 2.75 bits per heavy atom. The van der Waals surface area contributed by atoms with Crippen LogP contribution in [0.4, 0.5) is 0 Å². The second-order valence-corrected chi connectivity index (χ2v) is 6.67. The third-order valence-corrected chi connectivity index (χ3v) is 5.28. The fourth-order valence-electron chi connectivity index (χ4n) is 4.24. The van der Waals surface area contributed by atoms with E-state index in [-0.39, 0.29) is 36.1 Å². The van der Waals surface area contributed by atoms with Crippen LogP contribution in [0.5, 0.6) is 0 Å². The van der Waals surface area contributed by atoms with Gasteiger partial charge in [-0.15, -0.1) is 5.48 Å². The molecule has 0 saturated carbocycles. The molecule has 7 heteroatoms. The van der Waals surface area contributed by atoms with Crippen LogP contribution in [0.1, 0.15) is 33.6 Å². The molecule has 0 aromatic carbocycles. The van der Waals surface area contributed by atoms with Gasteiger partial charge in [0.1, 0.15) is 5.76 Å². The number of hydroxylamine groups is 1. The molecule has 0 radical (unpaired) electrons. The molecule has 24 heavy (non-hydrogen) atoms. The Hall–Kier alpha value is -1.57. The van der Waals surface area contributed by atoms with Crippen LogP contribution in [-0.2, 0) is 19.1 Å². The molecular formula is C17H27N3O4. The number of allylic oxidation sites excluding steroid dienone is 2. The molecule has 2 heterocycles. The van der Waals surface area contributed by atoms with E-state index in [0.29, 0.717) is 13.0 Å². The Bertz CT molecular complexity index is 586. The molecule has 4 N–H and O–H groups in total. The number of hydrogen-bond donors (Lipinski definition) is 3. The highest BCUT2D eigenvalue weighted by Crippen LogP contribution is 2.43. The Balaban J connectivity index is 1.90. The van der Waals surface area contributed by atoms with Gasteiger partial charge in [-0.2, -0.15) is 0 Å². The Labute approximate surface area is 142 Å². The zero-order valence-corrected chi connectivity index (χ0v) is 14.7. The van der Waals surface area contributed by atoms with Gasteiger partial charge >= 0.3 is 5.97 Å². The lowest BCUT2D eigenvalue weighted by Crippen LogP contribution is -2.41. The van der Waals surface area contributed by atoms with Gasteiger partial charge in [-0.05, 0) is 38.7 Å². The highest BCUT2D eigenvalue weighted by Gasteiger charge is 2.49. The summed E-state index contributed by atoms with van der Waals surface area (Å²) >= 11 is 0. The topological polar surface area (TPSA) is 94.8 Å².